The minimum absolute atomic E-state index is 0.489. The summed E-state index contributed by atoms with van der Waals surface area (Å²) in [6.07, 6.45) is 5.04. The molecule has 30 heavy (non-hydrogen) atoms. The number of hydrogen-bond donors (Lipinski definition) is 1. The van der Waals surface area contributed by atoms with E-state index >= 15 is 0 Å². The van der Waals surface area contributed by atoms with Crippen LogP contribution in [0.2, 0.25) is 0 Å². The summed E-state index contributed by atoms with van der Waals surface area (Å²) in [4.78, 5) is 15.2. The lowest BCUT2D eigenvalue weighted by atomic mass is 10.1. The maximum absolute atomic E-state index is 10.8. The summed E-state index contributed by atoms with van der Waals surface area (Å²) >= 11 is 0. The van der Waals surface area contributed by atoms with Crippen molar-refractivity contribution in [1.82, 2.24) is 4.98 Å². The van der Waals surface area contributed by atoms with Gasteiger partial charge in [0.15, 0.2) is 0 Å². The van der Waals surface area contributed by atoms with Crippen LogP contribution in [-0.4, -0.2) is 22.7 Å². The average Bonchev–Trinajstić information content (AvgIpc) is 3.13. The molecular formula is C25H21NO4. The van der Waals surface area contributed by atoms with Crippen LogP contribution < -0.4 is 4.74 Å². The van der Waals surface area contributed by atoms with Crippen LogP contribution >= 0.6 is 0 Å². The molecule has 150 valence electrons. The van der Waals surface area contributed by atoms with Crippen molar-refractivity contribution in [2.45, 2.75) is 13.3 Å². The molecule has 0 saturated heterocycles. The fraction of sp³-hybridized carbons (Fsp3) is 0.120. The molecule has 0 aliphatic carbocycles. The van der Waals surface area contributed by atoms with Crippen molar-refractivity contribution < 1.29 is 19.1 Å². The Bertz CT molecular complexity index is 1210. The number of ether oxygens (including phenoxy) is 1. The molecule has 0 aliphatic heterocycles. The molecular weight excluding hydrogens is 378 g/mol. The van der Waals surface area contributed by atoms with Gasteiger partial charge in [0.2, 0.25) is 0 Å². The molecule has 1 N–H and O–H groups in total. The monoisotopic (exact) mass is 399 g/mol. The first-order chi connectivity index (χ1) is 14.6. The molecule has 0 unspecified atom stereocenters. The van der Waals surface area contributed by atoms with Gasteiger partial charge in [-0.1, -0.05) is 42.5 Å². The number of aliphatic carboxylic acids is 1. The van der Waals surface area contributed by atoms with E-state index < -0.39 is 5.97 Å². The molecule has 2 heterocycles. The number of carbonyl (C=O) groups is 1. The molecule has 0 aliphatic rings. The van der Waals surface area contributed by atoms with Crippen molar-refractivity contribution in [2.24, 2.45) is 0 Å². The van der Waals surface area contributed by atoms with Crippen molar-refractivity contribution in [1.29, 1.82) is 0 Å². The Labute approximate surface area is 174 Å². The summed E-state index contributed by atoms with van der Waals surface area (Å²) in [5.41, 5.74) is 3.60. The highest BCUT2D eigenvalue weighted by Crippen LogP contribution is 2.28. The maximum atomic E-state index is 10.8. The van der Waals surface area contributed by atoms with E-state index in [0.717, 1.165) is 45.4 Å². The number of aromatic nitrogens is 1. The number of para-hydroxylation sites is 1. The molecule has 0 spiro atoms. The standard InChI is InChI=1S/C25H21NO4/c1-17-20(16-23(30-17)18-6-3-2-4-7-18)13-15-29-22-12-14-26-25-19(10-11-24(27)28)8-5-9-21(22)25/h2-12,14,16H,13,15H2,1H3,(H,27,28)/b11-10+. The van der Waals surface area contributed by atoms with Crippen molar-refractivity contribution in [3.8, 4) is 17.1 Å². The van der Waals surface area contributed by atoms with E-state index in [1.807, 2.05) is 61.5 Å². The SMILES string of the molecule is Cc1oc(-c2ccccc2)cc1CCOc1ccnc2c(/C=C/C(=O)O)cccc12. The van der Waals surface area contributed by atoms with Gasteiger partial charge < -0.3 is 14.3 Å². The quantitative estimate of drug-likeness (QED) is 0.414. The van der Waals surface area contributed by atoms with Gasteiger partial charge in [0.1, 0.15) is 17.3 Å². The van der Waals surface area contributed by atoms with Gasteiger partial charge in [0.25, 0.3) is 0 Å². The van der Waals surface area contributed by atoms with Crippen molar-refractivity contribution >= 4 is 22.9 Å². The topological polar surface area (TPSA) is 72.6 Å². The van der Waals surface area contributed by atoms with Gasteiger partial charge in [0.05, 0.1) is 12.1 Å². The Morgan fingerprint density at radius 1 is 1.13 bits per heavy atom. The molecule has 0 atom stereocenters. The molecule has 4 aromatic rings. The lowest BCUT2D eigenvalue weighted by Gasteiger charge is -2.10. The molecule has 2 aromatic carbocycles. The Hall–Kier alpha value is -3.86. The highest BCUT2D eigenvalue weighted by atomic mass is 16.5. The maximum Gasteiger partial charge on any atom is 0.328 e. The Morgan fingerprint density at radius 3 is 2.77 bits per heavy atom. The van der Waals surface area contributed by atoms with Gasteiger partial charge in [-0.2, -0.15) is 0 Å². The predicted octanol–water partition coefficient (Wildman–Crippen LogP) is 5.52. The minimum atomic E-state index is -0.996. The second-order valence-corrected chi connectivity index (χ2v) is 6.88. The number of hydrogen-bond acceptors (Lipinski definition) is 4. The van der Waals surface area contributed by atoms with Crippen LogP contribution in [0.25, 0.3) is 28.3 Å². The number of nitrogens with zero attached hydrogens (tertiary/aromatic N) is 1. The molecule has 5 nitrogen and oxygen atoms in total. The van der Waals surface area contributed by atoms with Crippen LogP contribution in [0.3, 0.4) is 0 Å². The molecule has 5 heteroatoms. The smallest absolute Gasteiger partial charge is 0.328 e. The summed E-state index contributed by atoms with van der Waals surface area (Å²) in [5.74, 6) is 1.46. The number of aryl methyl sites for hydroxylation is 1. The molecule has 0 fully saturated rings. The van der Waals surface area contributed by atoms with Gasteiger partial charge in [-0.05, 0) is 36.8 Å². The summed E-state index contributed by atoms with van der Waals surface area (Å²) in [6, 6.07) is 19.5. The summed E-state index contributed by atoms with van der Waals surface area (Å²) < 4.78 is 12.0. The van der Waals surface area contributed by atoms with E-state index in [9.17, 15) is 4.79 Å². The Morgan fingerprint density at radius 2 is 1.97 bits per heavy atom. The van der Waals surface area contributed by atoms with E-state index in [1.165, 1.54) is 0 Å². The van der Waals surface area contributed by atoms with Gasteiger partial charge in [-0.15, -0.1) is 0 Å². The second kappa shape index (κ2) is 8.66. The Balaban J connectivity index is 1.50. The number of carboxylic acids is 1. The fourth-order valence-corrected chi connectivity index (χ4v) is 3.38. The molecule has 0 amide bonds. The van der Waals surface area contributed by atoms with E-state index in [2.05, 4.69) is 11.1 Å². The van der Waals surface area contributed by atoms with Crippen LogP contribution in [0.15, 0.2) is 77.4 Å². The van der Waals surface area contributed by atoms with E-state index in [4.69, 9.17) is 14.3 Å². The van der Waals surface area contributed by atoms with Crippen LogP contribution in [0.5, 0.6) is 5.75 Å². The minimum Gasteiger partial charge on any atom is -0.492 e. The predicted molar refractivity (Wildman–Crippen MR) is 116 cm³/mol. The zero-order chi connectivity index (χ0) is 20.9. The zero-order valence-electron chi connectivity index (χ0n) is 16.5. The third-order valence-electron chi connectivity index (χ3n) is 4.88. The Kier molecular flexibility index (Phi) is 5.61. The summed E-state index contributed by atoms with van der Waals surface area (Å²) in [7, 11) is 0. The first-order valence-electron chi connectivity index (χ1n) is 9.68. The second-order valence-electron chi connectivity index (χ2n) is 6.88. The van der Waals surface area contributed by atoms with Gasteiger partial charge in [-0.25, -0.2) is 4.79 Å². The number of benzene rings is 2. The molecule has 0 radical (unpaired) electrons. The number of rotatable bonds is 7. The number of pyridine rings is 1. The highest BCUT2D eigenvalue weighted by molar-refractivity contribution is 5.94. The van der Waals surface area contributed by atoms with Gasteiger partial charge >= 0.3 is 5.97 Å². The van der Waals surface area contributed by atoms with Crippen molar-refractivity contribution in [2.75, 3.05) is 6.61 Å². The largest absolute Gasteiger partial charge is 0.492 e. The summed E-state index contributed by atoms with van der Waals surface area (Å²) in [6.45, 7) is 2.45. The highest BCUT2D eigenvalue weighted by Gasteiger charge is 2.11. The normalized spacial score (nSPS) is 11.2. The molecule has 0 saturated carbocycles. The number of carboxylic acid groups (broad SMARTS) is 1. The van der Waals surface area contributed by atoms with Crippen molar-refractivity contribution in [3.63, 3.8) is 0 Å². The van der Waals surface area contributed by atoms with E-state index in [0.29, 0.717) is 18.5 Å². The molecule has 2 aromatic heterocycles. The fourth-order valence-electron chi connectivity index (χ4n) is 3.38. The first-order valence-corrected chi connectivity index (χ1v) is 9.68. The van der Waals surface area contributed by atoms with Crippen LogP contribution in [0, 0.1) is 6.92 Å². The van der Waals surface area contributed by atoms with Crippen molar-refractivity contribution in [3.05, 3.63) is 89.8 Å². The van der Waals surface area contributed by atoms with Gasteiger partial charge in [0, 0.05) is 35.2 Å². The molecule has 4 rings (SSSR count). The third-order valence-corrected chi connectivity index (χ3v) is 4.88. The third kappa shape index (κ3) is 4.25. The van der Waals surface area contributed by atoms with Crippen LogP contribution in [-0.2, 0) is 11.2 Å². The first kappa shape index (κ1) is 19.5. The average molecular weight is 399 g/mol. The van der Waals surface area contributed by atoms with Crippen LogP contribution in [0.1, 0.15) is 16.9 Å². The lowest BCUT2D eigenvalue weighted by molar-refractivity contribution is -0.131. The van der Waals surface area contributed by atoms with E-state index in [-0.39, 0.29) is 0 Å². The zero-order valence-corrected chi connectivity index (χ0v) is 16.5. The lowest BCUT2D eigenvalue weighted by Crippen LogP contribution is -2.02. The van der Waals surface area contributed by atoms with Crippen LogP contribution in [0.4, 0.5) is 0 Å². The van der Waals surface area contributed by atoms with E-state index in [1.54, 1.807) is 12.3 Å². The molecule has 0 bridgehead atoms. The van der Waals surface area contributed by atoms with Gasteiger partial charge in [-0.3, -0.25) is 4.98 Å². The number of furan rings is 1. The number of fused-ring (bicyclic) bond motifs is 1. The summed E-state index contributed by atoms with van der Waals surface area (Å²) in [5, 5.41) is 9.73.